The number of hydrogen-bond acceptors (Lipinski definition) is 6. The van der Waals surface area contributed by atoms with E-state index in [-0.39, 0.29) is 12.0 Å². The van der Waals surface area contributed by atoms with Crippen LogP contribution in [0, 0.1) is 6.92 Å². The van der Waals surface area contributed by atoms with Gasteiger partial charge in [0.15, 0.2) is 0 Å². The number of carbonyl (C=O) groups is 1. The molecule has 1 saturated heterocycles. The molecule has 3 aromatic rings. The normalized spacial score (nSPS) is 16.6. The van der Waals surface area contributed by atoms with Crippen LogP contribution in [0.15, 0.2) is 36.4 Å². The van der Waals surface area contributed by atoms with Crippen molar-refractivity contribution in [3.63, 3.8) is 0 Å². The van der Waals surface area contributed by atoms with Crippen molar-refractivity contribution in [2.75, 3.05) is 19.7 Å². The van der Waals surface area contributed by atoms with Crippen LogP contribution < -0.4 is 0 Å². The molecule has 0 N–H and O–H groups in total. The summed E-state index contributed by atoms with van der Waals surface area (Å²) in [5.41, 5.74) is 4.71. The number of hydrogen-bond donors (Lipinski definition) is 0. The van der Waals surface area contributed by atoms with Gasteiger partial charge < -0.3 is 9.64 Å². The number of carbonyl (C=O) groups excluding carboxylic acids is 1. The SMILES string of the molecule is CCc1nnsc1C(=O)N1CCOC(c2cc(Cc3ccccc3Cl)cc(C)n2)C1. The van der Waals surface area contributed by atoms with Crippen molar-refractivity contribution in [1.82, 2.24) is 19.5 Å². The quantitative estimate of drug-likeness (QED) is 0.590. The van der Waals surface area contributed by atoms with Crippen LogP contribution >= 0.6 is 23.1 Å². The summed E-state index contributed by atoms with van der Waals surface area (Å²) >= 11 is 7.50. The van der Waals surface area contributed by atoms with Crippen LogP contribution in [0.25, 0.3) is 0 Å². The molecule has 3 heterocycles. The lowest BCUT2D eigenvalue weighted by Crippen LogP contribution is -2.42. The number of ether oxygens (including phenoxy) is 1. The minimum absolute atomic E-state index is 0.0286. The van der Waals surface area contributed by atoms with E-state index in [0.717, 1.165) is 51.2 Å². The lowest BCUT2D eigenvalue weighted by atomic mass is 10.0. The third-order valence-electron chi connectivity index (χ3n) is 5.15. The Kier molecular flexibility index (Phi) is 6.41. The van der Waals surface area contributed by atoms with Crippen LogP contribution in [0.5, 0.6) is 0 Å². The zero-order chi connectivity index (χ0) is 21.1. The minimum Gasteiger partial charge on any atom is -0.368 e. The molecule has 0 radical (unpaired) electrons. The highest BCUT2D eigenvalue weighted by atomic mass is 35.5. The van der Waals surface area contributed by atoms with E-state index in [1.807, 2.05) is 43.0 Å². The fourth-order valence-corrected chi connectivity index (χ4v) is 4.58. The smallest absolute Gasteiger partial charge is 0.267 e. The molecule has 2 aromatic heterocycles. The van der Waals surface area contributed by atoms with Crippen LogP contribution in [0.2, 0.25) is 5.02 Å². The molecule has 1 unspecified atom stereocenters. The summed E-state index contributed by atoms with van der Waals surface area (Å²) in [4.78, 5) is 20.1. The number of benzene rings is 1. The second-order valence-corrected chi connectivity index (χ2v) is 8.48. The average Bonchev–Trinajstić information content (AvgIpc) is 3.23. The molecule has 156 valence electrons. The number of aryl methyl sites for hydroxylation is 2. The highest BCUT2D eigenvalue weighted by molar-refractivity contribution is 7.08. The topological polar surface area (TPSA) is 68.2 Å². The molecule has 1 aromatic carbocycles. The molecule has 0 bridgehead atoms. The maximum atomic E-state index is 13.0. The van der Waals surface area contributed by atoms with Crippen LogP contribution in [0.3, 0.4) is 0 Å². The zero-order valence-electron chi connectivity index (χ0n) is 17.0. The van der Waals surface area contributed by atoms with Crippen molar-refractivity contribution >= 4 is 29.0 Å². The van der Waals surface area contributed by atoms with Crippen molar-refractivity contribution in [2.45, 2.75) is 32.8 Å². The van der Waals surface area contributed by atoms with Gasteiger partial charge in [0.1, 0.15) is 11.0 Å². The predicted octanol–water partition coefficient (Wildman–Crippen LogP) is 4.26. The first-order chi connectivity index (χ1) is 14.5. The first-order valence-corrected chi connectivity index (χ1v) is 11.1. The van der Waals surface area contributed by atoms with Gasteiger partial charge in [-0.25, -0.2) is 0 Å². The monoisotopic (exact) mass is 442 g/mol. The Hall–Kier alpha value is -2.35. The third-order valence-corrected chi connectivity index (χ3v) is 6.28. The van der Waals surface area contributed by atoms with E-state index in [1.54, 1.807) is 0 Å². The molecule has 1 fully saturated rings. The molecule has 30 heavy (non-hydrogen) atoms. The highest BCUT2D eigenvalue weighted by Crippen LogP contribution is 2.26. The number of morpholine rings is 1. The molecule has 8 heteroatoms. The molecule has 0 saturated carbocycles. The minimum atomic E-state index is -0.265. The number of halogens is 1. The number of rotatable bonds is 5. The van der Waals surface area contributed by atoms with Gasteiger partial charge in [-0.15, -0.1) is 5.10 Å². The van der Waals surface area contributed by atoms with Gasteiger partial charge in [-0.2, -0.15) is 0 Å². The summed E-state index contributed by atoms with van der Waals surface area (Å²) in [6.45, 7) is 5.44. The Balaban J connectivity index is 1.54. The van der Waals surface area contributed by atoms with Crippen molar-refractivity contribution in [3.8, 4) is 0 Å². The summed E-state index contributed by atoms with van der Waals surface area (Å²) in [7, 11) is 0. The van der Waals surface area contributed by atoms with Gasteiger partial charge in [0.05, 0.1) is 24.5 Å². The first kappa shape index (κ1) is 20.9. The van der Waals surface area contributed by atoms with Gasteiger partial charge in [-0.05, 0) is 60.6 Å². The fourth-order valence-electron chi connectivity index (χ4n) is 3.66. The van der Waals surface area contributed by atoms with E-state index in [9.17, 15) is 4.79 Å². The van der Waals surface area contributed by atoms with E-state index >= 15 is 0 Å². The summed E-state index contributed by atoms with van der Waals surface area (Å²) in [6, 6.07) is 12.0. The summed E-state index contributed by atoms with van der Waals surface area (Å²) in [6.07, 6.45) is 1.15. The molecule has 1 amide bonds. The number of pyridine rings is 1. The highest BCUT2D eigenvalue weighted by Gasteiger charge is 2.29. The number of aromatic nitrogens is 3. The second-order valence-electron chi connectivity index (χ2n) is 7.32. The lowest BCUT2D eigenvalue weighted by molar-refractivity contribution is -0.0246. The Morgan fingerprint density at radius 2 is 2.17 bits per heavy atom. The molecular formula is C22H23ClN4O2S. The van der Waals surface area contributed by atoms with E-state index in [4.69, 9.17) is 21.3 Å². The molecule has 6 nitrogen and oxygen atoms in total. The van der Waals surface area contributed by atoms with Crippen molar-refractivity contribution < 1.29 is 9.53 Å². The molecule has 1 aliphatic rings. The second kappa shape index (κ2) is 9.20. The van der Waals surface area contributed by atoms with Gasteiger partial charge in [-0.1, -0.05) is 41.2 Å². The molecule has 4 rings (SSSR count). The van der Waals surface area contributed by atoms with Gasteiger partial charge in [0.25, 0.3) is 5.91 Å². The van der Waals surface area contributed by atoms with E-state index in [0.29, 0.717) is 31.0 Å². The summed E-state index contributed by atoms with van der Waals surface area (Å²) in [5, 5.41) is 4.82. The fraction of sp³-hybridized carbons (Fsp3) is 0.364. The molecule has 1 aliphatic heterocycles. The van der Waals surface area contributed by atoms with Gasteiger partial charge in [-0.3, -0.25) is 9.78 Å². The zero-order valence-corrected chi connectivity index (χ0v) is 18.5. The summed E-state index contributed by atoms with van der Waals surface area (Å²) in [5.74, 6) is -0.0286. The summed E-state index contributed by atoms with van der Waals surface area (Å²) < 4.78 is 9.94. The largest absolute Gasteiger partial charge is 0.368 e. The lowest BCUT2D eigenvalue weighted by Gasteiger charge is -2.32. The third kappa shape index (κ3) is 4.53. The van der Waals surface area contributed by atoms with Gasteiger partial charge >= 0.3 is 0 Å². The molecule has 0 spiro atoms. The molecule has 0 aliphatic carbocycles. The van der Waals surface area contributed by atoms with Crippen LogP contribution in [-0.4, -0.2) is 45.1 Å². The van der Waals surface area contributed by atoms with Crippen LogP contribution in [-0.2, 0) is 17.6 Å². The Morgan fingerprint density at radius 1 is 1.33 bits per heavy atom. The van der Waals surface area contributed by atoms with Crippen molar-refractivity contribution in [2.24, 2.45) is 0 Å². The maximum absolute atomic E-state index is 13.0. The van der Waals surface area contributed by atoms with E-state index < -0.39 is 0 Å². The average molecular weight is 443 g/mol. The van der Waals surface area contributed by atoms with E-state index in [1.165, 1.54) is 0 Å². The van der Waals surface area contributed by atoms with Crippen molar-refractivity contribution in [1.29, 1.82) is 0 Å². The van der Waals surface area contributed by atoms with E-state index in [2.05, 4.69) is 21.7 Å². The predicted molar refractivity (Wildman–Crippen MR) is 117 cm³/mol. The Labute approximate surface area is 185 Å². The number of amides is 1. The van der Waals surface area contributed by atoms with Gasteiger partial charge in [0, 0.05) is 17.3 Å². The Morgan fingerprint density at radius 3 is 2.97 bits per heavy atom. The molecular weight excluding hydrogens is 420 g/mol. The molecule has 1 atom stereocenters. The standard InChI is InChI=1S/C22H23ClN4O2S/c1-3-18-21(30-26-25-18)22(28)27-8-9-29-20(13-27)19-12-15(10-14(2)24-19)11-16-6-4-5-7-17(16)23/h4-7,10,12,20H,3,8-9,11,13H2,1-2H3. The van der Waals surface area contributed by atoms with Gasteiger partial charge in [0.2, 0.25) is 0 Å². The first-order valence-electron chi connectivity index (χ1n) is 9.98. The van der Waals surface area contributed by atoms with Crippen molar-refractivity contribution in [3.05, 3.63) is 74.5 Å². The Bertz CT molecular complexity index is 1060. The number of nitrogens with zero attached hydrogens (tertiary/aromatic N) is 4. The van der Waals surface area contributed by atoms with Crippen LogP contribution in [0.4, 0.5) is 0 Å². The van der Waals surface area contributed by atoms with Crippen LogP contribution in [0.1, 0.15) is 50.9 Å². The maximum Gasteiger partial charge on any atom is 0.267 e.